The fourth-order valence-corrected chi connectivity index (χ4v) is 3.73. The van der Waals surface area contributed by atoms with E-state index in [4.69, 9.17) is 10.00 Å². The van der Waals surface area contributed by atoms with Crippen LogP contribution >= 0.6 is 0 Å². The summed E-state index contributed by atoms with van der Waals surface area (Å²) in [5.74, 6) is -0.772. The van der Waals surface area contributed by atoms with Gasteiger partial charge in [0.05, 0.1) is 11.6 Å². The van der Waals surface area contributed by atoms with Crippen LogP contribution in [0.25, 0.3) is 0 Å². The van der Waals surface area contributed by atoms with Crippen molar-refractivity contribution < 1.29 is 26.7 Å². The molecule has 6 nitrogen and oxygen atoms in total. The van der Waals surface area contributed by atoms with Crippen molar-refractivity contribution >= 4 is 15.9 Å². The van der Waals surface area contributed by atoms with Gasteiger partial charge in [-0.2, -0.15) is 5.26 Å². The number of carbonyl (C=O) groups is 1. The quantitative estimate of drug-likeness (QED) is 0.648. The molecule has 0 aromatic heterocycles. The lowest BCUT2D eigenvalue weighted by Crippen LogP contribution is -2.49. The van der Waals surface area contributed by atoms with Crippen LogP contribution in [0.1, 0.15) is 24.0 Å². The molecule has 0 aliphatic heterocycles. The van der Waals surface area contributed by atoms with E-state index >= 15 is 0 Å². The van der Waals surface area contributed by atoms with E-state index in [1.54, 1.807) is 36.4 Å². The first-order chi connectivity index (χ1) is 14.2. The molecule has 2 aromatic carbocycles. The molecule has 0 spiro atoms. The fourth-order valence-electron chi connectivity index (χ4n) is 2.99. The smallest absolute Gasteiger partial charge is 0.408 e. The summed E-state index contributed by atoms with van der Waals surface area (Å²) < 4.78 is 57.4. The molecule has 0 bridgehead atoms. The van der Waals surface area contributed by atoms with Gasteiger partial charge in [0, 0.05) is 11.8 Å². The number of carbonyl (C=O) groups excluding carboxylic acids is 1. The van der Waals surface area contributed by atoms with E-state index < -0.39 is 39.2 Å². The van der Waals surface area contributed by atoms with Crippen molar-refractivity contribution in [1.82, 2.24) is 5.32 Å². The monoisotopic (exact) mass is 436 g/mol. The minimum atomic E-state index is -3.73. The maximum Gasteiger partial charge on any atom is 0.408 e. The van der Waals surface area contributed by atoms with Crippen LogP contribution in [0.3, 0.4) is 0 Å². The number of rotatable bonds is 9. The maximum atomic E-state index is 14.5. The average Bonchev–Trinajstić information content (AvgIpc) is 2.72. The topological polar surface area (TPSA) is 96.3 Å². The lowest BCUT2D eigenvalue weighted by molar-refractivity contribution is 0.116. The summed E-state index contributed by atoms with van der Waals surface area (Å²) in [4.78, 5) is 12.4. The van der Waals surface area contributed by atoms with Gasteiger partial charge in [0.1, 0.15) is 24.3 Å². The molecule has 1 amide bonds. The van der Waals surface area contributed by atoms with Gasteiger partial charge in [-0.1, -0.05) is 48.5 Å². The van der Waals surface area contributed by atoms with Crippen molar-refractivity contribution in [3.05, 3.63) is 71.5 Å². The second-order valence-electron chi connectivity index (χ2n) is 6.87. The fraction of sp³-hybridized carbons (Fsp3) is 0.333. The molecule has 2 aromatic rings. The number of amides is 1. The Labute approximate surface area is 174 Å². The number of hydrogen-bond donors (Lipinski definition) is 1. The van der Waals surface area contributed by atoms with Gasteiger partial charge in [0.15, 0.2) is 9.84 Å². The summed E-state index contributed by atoms with van der Waals surface area (Å²) in [7, 11) is -3.73. The third-order valence-corrected chi connectivity index (χ3v) is 6.04. The van der Waals surface area contributed by atoms with Crippen LogP contribution in [0.15, 0.2) is 54.6 Å². The molecule has 2 atom stereocenters. The van der Waals surface area contributed by atoms with Crippen LogP contribution in [0.2, 0.25) is 0 Å². The van der Waals surface area contributed by atoms with E-state index in [2.05, 4.69) is 5.32 Å². The highest BCUT2D eigenvalue weighted by Crippen LogP contribution is 2.31. The average molecular weight is 436 g/mol. The number of halogens is 2. The van der Waals surface area contributed by atoms with Gasteiger partial charge in [0.2, 0.25) is 0 Å². The highest BCUT2D eigenvalue weighted by Gasteiger charge is 2.38. The highest BCUT2D eigenvalue weighted by molar-refractivity contribution is 7.91. The van der Waals surface area contributed by atoms with Crippen LogP contribution in [-0.2, 0) is 26.7 Å². The van der Waals surface area contributed by atoms with Crippen molar-refractivity contribution in [2.75, 3.05) is 12.9 Å². The third-order valence-electron chi connectivity index (χ3n) is 4.67. The highest BCUT2D eigenvalue weighted by atomic mass is 32.2. The van der Waals surface area contributed by atoms with Crippen molar-refractivity contribution in [1.29, 1.82) is 5.26 Å². The molecule has 9 heteroatoms. The summed E-state index contributed by atoms with van der Waals surface area (Å²) in [5, 5.41) is 10.1. The Morgan fingerprint density at radius 3 is 2.40 bits per heavy atom. The van der Waals surface area contributed by atoms with Gasteiger partial charge >= 0.3 is 6.09 Å². The molecule has 0 fully saturated rings. The van der Waals surface area contributed by atoms with Gasteiger partial charge < -0.3 is 10.1 Å². The predicted molar refractivity (Wildman–Crippen MR) is 107 cm³/mol. The zero-order valence-corrected chi connectivity index (χ0v) is 17.2. The van der Waals surface area contributed by atoms with Crippen LogP contribution in [0.5, 0.6) is 0 Å². The molecule has 2 rings (SSSR count). The molecule has 0 saturated heterocycles. The molecule has 1 unspecified atom stereocenters. The van der Waals surface area contributed by atoms with Gasteiger partial charge in [-0.05, 0) is 24.5 Å². The Bertz CT molecular complexity index is 1010. The van der Waals surface area contributed by atoms with Crippen LogP contribution in [0.4, 0.5) is 13.6 Å². The lowest BCUT2D eigenvalue weighted by atomic mass is 9.85. The van der Waals surface area contributed by atoms with Crippen LogP contribution in [0, 0.1) is 17.1 Å². The third kappa shape index (κ3) is 6.00. The molecule has 0 aliphatic rings. The number of nitriles is 1. The van der Waals surface area contributed by atoms with E-state index in [1.807, 2.05) is 0 Å². The van der Waals surface area contributed by atoms with Crippen molar-refractivity contribution in [3.63, 3.8) is 0 Å². The summed E-state index contributed by atoms with van der Waals surface area (Å²) in [6, 6.07) is 15.7. The first-order valence-electron chi connectivity index (χ1n) is 9.10. The molecule has 30 heavy (non-hydrogen) atoms. The SMILES string of the molecule is CS(=O)(=O)C(C#N)CC[C@](CF)(NC(=O)OCc1ccccc1)c1ccccc1F. The Morgan fingerprint density at radius 1 is 1.20 bits per heavy atom. The molecule has 160 valence electrons. The van der Waals surface area contributed by atoms with Crippen molar-refractivity contribution in [2.24, 2.45) is 0 Å². The molecular weight excluding hydrogens is 414 g/mol. The molecule has 0 heterocycles. The molecular formula is C21H22F2N2O4S. The van der Waals surface area contributed by atoms with E-state index in [0.717, 1.165) is 12.3 Å². The Hall–Kier alpha value is -2.99. The number of ether oxygens (including phenoxy) is 1. The summed E-state index contributed by atoms with van der Waals surface area (Å²) >= 11 is 0. The molecule has 0 radical (unpaired) electrons. The number of benzene rings is 2. The van der Waals surface area contributed by atoms with Crippen LogP contribution in [-0.4, -0.2) is 32.7 Å². The summed E-state index contributed by atoms with van der Waals surface area (Å²) in [5.41, 5.74) is -1.35. The van der Waals surface area contributed by atoms with Crippen LogP contribution < -0.4 is 5.32 Å². The van der Waals surface area contributed by atoms with Gasteiger partial charge in [-0.15, -0.1) is 0 Å². The first-order valence-corrected chi connectivity index (χ1v) is 11.1. The number of alkyl carbamates (subject to hydrolysis) is 1. The van der Waals surface area contributed by atoms with Crippen molar-refractivity contribution in [2.45, 2.75) is 30.2 Å². The lowest BCUT2D eigenvalue weighted by Gasteiger charge is -2.33. The molecule has 0 aliphatic carbocycles. The summed E-state index contributed by atoms with van der Waals surface area (Å²) in [6.45, 7) is -1.31. The van der Waals surface area contributed by atoms with Gasteiger partial charge in [-0.25, -0.2) is 22.0 Å². The first kappa shape index (κ1) is 23.3. The summed E-state index contributed by atoms with van der Waals surface area (Å²) in [6.07, 6.45) is -0.724. The Kier molecular flexibility index (Phi) is 7.89. The van der Waals surface area contributed by atoms with Gasteiger partial charge in [0.25, 0.3) is 0 Å². The van der Waals surface area contributed by atoms with Gasteiger partial charge in [-0.3, -0.25) is 0 Å². The van der Waals surface area contributed by atoms with E-state index in [1.165, 1.54) is 18.2 Å². The van der Waals surface area contributed by atoms with E-state index in [-0.39, 0.29) is 25.0 Å². The largest absolute Gasteiger partial charge is 0.445 e. The predicted octanol–water partition coefficient (Wildman–Crippen LogP) is 3.63. The molecule has 0 saturated carbocycles. The number of hydrogen-bond acceptors (Lipinski definition) is 5. The second-order valence-corrected chi connectivity index (χ2v) is 9.10. The minimum Gasteiger partial charge on any atom is -0.445 e. The Balaban J connectivity index is 2.27. The number of alkyl halides is 1. The zero-order chi connectivity index (χ0) is 22.2. The second kappa shape index (κ2) is 10.2. The maximum absolute atomic E-state index is 14.5. The van der Waals surface area contributed by atoms with E-state index in [0.29, 0.717) is 5.56 Å². The normalized spacial score (nSPS) is 14.2. The standard InChI is InChI=1S/C21H22F2N2O4S/c1-30(27,28)17(13-24)11-12-21(15-22,18-9-5-6-10-19(18)23)25-20(26)29-14-16-7-3-2-4-8-16/h2-10,17H,11-12,14-15H2,1H3,(H,25,26)/t17?,21-/m1/s1. The number of sulfone groups is 1. The minimum absolute atomic E-state index is 0.0868. The zero-order valence-electron chi connectivity index (χ0n) is 16.3. The number of nitrogens with zero attached hydrogens (tertiary/aromatic N) is 1. The van der Waals surface area contributed by atoms with E-state index in [9.17, 15) is 22.0 Å². The Morgan fingerprint density at radius 2 is 1.83 bits per heavy atom. The number of nitrogens with one attached hydrogen (secondary N) is 1. The van der Waals surface area contributed by atoms with Crippen molar-refractivity contribution in [3.8, 4) is 6.07 Å². The molecule has 1 N–H and O–H groups in total.